The maximum atomic E-state index is 12.3. The molecule has 1 amide bonds. The van der Waals surface area contributed by atoms with Gasteiger partial charge in [-0.15, -0.1) is 0 Å². The van der Waals surface area contributed by atoms with Crippen molar-refractivity contribution >= 4 is 15.9 Å². The van der Waals surface area contributed by atoms with Gasteiger partial charge < -0.3 is 5.32 Å². The number of primary sulfonamides is 1. The van der Waals surface area contributed by atoms with Crippen molar-refractivity contribution in [2.75, 3.05) is 6.54 Å². The Kier molecular flexibility index (Phi) is 4.68. The first-order valence-electron chi connectivity index (χ1n) is 7.83. The summed E-state index contributed by atoms with van der Waals surface area (Å²) in [6, 6.07) is 8.34. The number of aromatic nitrogens is 2. The molecular weight excluding hydrogens is 328 g/mol. The van der Waals surface area contributed by atoms with Gasteiger partial charge in [-0.25, -0.2) is 13.6 Å². The van der Waals surface area contributed by atoms with E-state index in [1.807, 2.05) is 10.7 Å². The molecule has 0 spiro atoms. The van der Waals surface area contributed by atoms with Crippen LogP contribution in [0.15, 0.2) is 41.4 Å². The van der Waals surface area contributed by atoms with E-state index < -0.39 is 10.0 Å². The third-order valence-electron chi connectivity index (χ3n) is 4.28. The average molecular weight is 348 g/mol. The lowest BCUT2D eigenvalue weighted by Crippen LogP contribution is -2.36. The summed E-state index contributed by atoms with van der Waals surface area (Å²) in [5, 5.41) is 12.2. The van der Waals surface area contributed by atoms with Gasteiger partial charge in [-0.05, 0) is 36.6 Å². The Hall–Kier alpha value is -2.19. The maximum Gasteiger partial charge on any atom is 0.238 e. The number of sulfonamides is 1. The van der Waals surface area contributed by atoms with Crippen molar-refractivity contribution in [1.82, 2.24) is 15.1 Å². The number of nitrogens with two attached hydrogens (primary N) is 1. The number of hydrogen-bond donors (Lipinski definition) is 2. The molecule has 1 aromatic carbocycles. The van der Waals surface area contributed by atoms with Gasteiger partial charge in [-0.1, -0.05) is 12.1 Å². The lowest BCUT2D eigenvalue weighted by molar-refractivity contribution is -0.125. The Labute approximate surface area is 140 Å². The summed E-state index contributed by atoms with van der Waals surface area (Å²) in [5.41, 5.74) is 2.05. The molecule has 0 radical (unpaired) electrons. The van der Waals surface area contributed by atoms with Crippen LogP contribution in [0.1, 0.15) is 17.7 Å². The molecule has 24 heavy (non-hydrogen) atoms. The second-order valence-corrected chi connectivity index (χ2v) is 7.53. The fourth-order valence-electron chi connectivity index (χ4n) is 2.91. The van der Waals surface area contributed by atoms with Gasteiger partial charge in [0.25, 0.3) is 0 Å². The second-order valence-electron chi connectivity index (χ2n) is 5.97. The van der Waals surface area contributed by atoms with E-state index in [-0.39, 0.29) is 16.7 Å². The van der Waals surface area contributed by atoms with Gasteiger partial charge in [-0.2, -0.15) is 5.10 Å². The van der Waals surface area contributed by atoms with E-state index in [4.69, 9.17) is 5.14 Å². The van der Waals surface area contributed by atoms with Crippen LogP contribution in [-0.4, -0.2) is 30.7 Å². The van der Waals surface area contributed by atoms with Crippen molar-refractivity contribution in [3.63, 3.8) is 0 Å². The van der Waals surface area contributed by atoms with Crippen LogP contribution in [0.4, 0.5) is 0 Å². The minimum atomic E-state index is -3.66. The molecule has 0 saturated heterocycles. The predicted octanol–water partition coefficient (Wildman–Crippen LogP) is 0.452. The Balaban J connectivity index is 1.49. The smallest absolute Gasteiger partial charge is 0.238 e. The van der Waals surface area contributed by atoms with Crippen molar-refractivity contribution in [2.45, 2.75) is 30.7 Å². The largest absolute Gasteiger partial charge is 0.356 e. The van der Waals surface area contributed by atoms with E-state index in [1.54, 1.807) is 18.3 Å². The molecule has 2 heterocycles. The predicted molar refractivity (Wildman–Crippen MR) is 88.6 cm³/mol. The first-order valence-corrected chi connectivity index (χ1v) is 9.38. The van der Waals surface area contributed by atoms with Gasteiger partial charge in [0.05, 0.1) is 4.90 Å². The fraction of sp³-hybridized carbons (Fsp3) is 0.375. The highest BCUT2D eigenvalue weighted by Gasteiger charge is 2.24. The highest BCUT2D eigenvalue weighted by atomic mass is 32.2. The van der Waals surface area contributed by atoms with Crippen LogP contribution in [0.5, 0.6) is 0 Å². The first kappa shape index (κ1) is 16.7. The van der Waals surface area contributed by atoms with Gasteiger partial charge >= 0.3 is 0 Å². The summed E-state index contributed by atoms with van der Waals surface area (Å²) in [4.78, 5) is 12.4. The molecule has 1 aromatic heterocycles. The number of rotatable bonds is 5. The molecule has 0 aliphatic carbocycles. The highest BCUT2D eigenvalue weighted by molar-refractivity contribution is 7.89. The van der Waals surface area contributed by atoms with Crippen LogP contribution in [0.2, 0.25) is 0 Å². The SMILES string of the molecule is NS(=O)(=O)c1ccc(CCNC(=O)C2CCn3nccc3C2)cc1. The summed E-state index contributed by atoms with van der Waals surface area (Å²) >= 11 is 0. The van der Waals surface area contributed by atoms with E-state index >= 15 is 0 Å². The van der Waals surface area contributed by atoms with Crippen LogP contribution in [0.3, 0.4) is 0 Å². The van der Waals surface area contributed by atoms with Gasteiger partial charge in [0, 0.05) is 37.3 Å². The van der Waals surface area contributed by atoms with Crippen LogP contribution in [0, 0.1) is 5.92 Å². The lowest BCUT2D eigenvalue weighted by Gasteiger charge is -2.22. The van der Waals surface area contributed by atoms with Gasteiger partial charge in [0.1, 0.15) is 0 Å². The van der Waals surface area contributed by atoms with Crippen LogP contribution in [0.25, 0.3) is 0 Å². The van der Waals surface area contributed by atoms with Crippen molar-refractivity contribution in [1.29, 1.82) is 0 Å². The minimum Gasteiger partial charge on any atom is -0.356 e. The zero-order valence-electron chi connectivity index (χ0n) is 13.2. The Morgan fingerprint density at radius 3 is 2.75 bits per heavy atom. The number of carbonyl (C=O) groups is 1. The van der Waals surface area contributed by atoms with Gasteiger partial charge in [0.15, 0.2) is 0 Å². The van der Waals surface area contributed by atoms with E-state index in [1.165, 1.54) is 12.1 Å². The molecule has 7 nitrogen and oxygen atoms in total. The fourth-order valence-corrected chi connectivity index (χ4v) is 3.43. The van der Waals surface area contributed by atoms with E-state index in [9.17, 15) is 13.2 Å². The first-order chi connectivity index (χ1) is 11.4. The molecule has 3 N–H and O–H groups in total. The van der Waals surface area contributed by atoms with Crippen molar-refractivity contribution in [3.8, 4) is 0 Å². The summed E-state index contributed by atoms with van der Waals surface area (Å²) in [5.74, 6) is 0.0440. The Bertz CT molecular complexity index is 827. The Morgan fingerprint density at radius 2 is 2.04 bits per heavy atom. The topological polar surface area (TPSA) is 107 Å². The number of aryl methyl sites for hydroxylation is 1. The molecule has 1 aliphatic heterocycles. The molecule has 1 aliphatic rings. The van der Waals surface area contributed by atoms with Gasteiger partial charge in [-0.3, -0.25) is 9.48 Å². The monoisotopic (exact) mass is 348 g/mol. The normalized spacial score (nSPS) is 17.3. The number of fused-ring (bicyclic) bond motifs is 1. The molecule has 1 atom stereocenters. The zero-order chi connectivity index (χ0) is 17.2. The van der Waals surface area contributed by atoms with Gasteiger partial charge in [0.2, 0.25) is 15.9 Å². The quantitative estimate of drug-likeness (QED) is 0.818. The third kappa shape index (κ3) is 3.82. The number of carbonyl (C=O) groups excluding carboxylic acids is 1. The van der Waals surface area contributed by atoms with Crippen LogP contribution in [-0.2, 0) is 34.2 Å². The number of amides is 1. The standard InChI is InChI=1S/C16H20N4O3S/c17-24(22,23)15-3-1-12(2-4-15)5-8-18-16(21)13-7-10-20-14(11-13)6-9-19-20/h1-4,6,9,13H,5,7-8,10-11H2,(H,18,21)(H2,17,22,23). The summed E-state index contributed by atoms with van der Waals surface area (Å²) in [6.45, 7) is 1.29. The summed E-state index contributed by atoms with van der Waals surface area (Å²) in [6.07, 6.45) is 3.92. The van der Waals surface area contributed by atoms with Crippen LogP contribution < -0.4 is 10.5 Å². The number of benzene rings is 1. The minimum absolute atomic E-state index is 0.0149. The highest BCUT2D eigenvalue weighted by Crippen LogP contribution is 2.19. The van der Waals surface area contributed by atoms with Crippen LogP contribution >= 0.6 is 0 Å². The van der Waals surface area contributed by atoms with E-state index in [0.717, 1.165) is 30.6 Å². The molecule has 0 saturated carbocycles. The second kappa shape index (κ2) is 6.74. The molecule has 2 aromatic rings. The van der Waals surface area contributed by atoms with E-state index in [2.05, 4.69) is 10.4 Å². The molecule has 0 fully saturated rings. The maximum absolute atomic E-state index is 12.3. The molecule has 0 bridgehead atoms. The zero-order valence-corrected chi connectivity index (χ0v) is 14.0. The van der Waals surface area contributed by atoms with Crippen molar-refractivity contribution in [3.05, 3.63) is 47.8 Å². The third-order valence-corrected chi connectivity index (χ3v) is 5.21. The summed E-state index contributed by atoms with van der Waals surface area (Å²) in [7, 11) is -3.66. The lowest BCUT2D eigenvalue weighted by atomic mass is 9.95. The molecule has 3 rings (SSSR count). The summed E-state index contributed by atoms with van der Waals surface area (Å²) < 4.78 is 24.4. The number of hydrogen-bond acceptors (Lipinski definition) is 4. The molecule has 1 unspecified atom stereocenters. The average Bonchev–Trinajstić information content (AvgIpc) is 3.02. The number of nitrogens with one attached hydrogen (secondary N) is 1. The molecule has 8 heteroatoms. The Morgan fingerprint density at radius 1 is 1.29 bits per heavy atom. The van der Waals surface area contributed by atoms with Crippen molar-refractivity contribution in [2.24, 2.45) is 11.1 Å². The van der Waals surface area contributed by atoms with E-state index in [0.29, 0.717) is 13.0 Å². The molecular formula is C16H20N4O3S. The van der Waals surface area contributed by atoms with Crippen molar-refractivity contribution < 1.29 is 13.2 Å². The number of nitrogens with zero attached hydrogens (tertiary/aromatic N) is 2. The molecule has 128 valence electrons.